The molecule has 1 amide bonds. The fourth-order valence-corrected chi connectivity index (χ4v) is 5.45. The van der Waals surface area contributed by atoms with Gasteiger partial charge in [-0.05, 0) is 57.5 Å². The van der Waals surface area contributed by atoms with Gasteiger partial charge < -0.3 is 20.5 Å². The van der Waals surface area contributed by atoms with Crippen LogP contribution in [0, 0.1) is 11.8 Å². The molecule has 3 rings (SSSR count). The lowest BCUT2D eigenvalue weighted by atomic mass is 9.93. The van der Waals surface area contributed by atoms with Crippen LogP contribution < -0.4 is 16.0 Å². The number of hydrogen-bond acceptors (Lipinski definition) is 8. The van der Waals surface area contributed by atoms with Gasteiger partial charge >= 0.3 is 12.3 Å². The summed E-state index contributed by atoms with van der Waals surface area (Å²) in [4.78, 5) is 17.7. The second kappa shape index (κ2) is 11.6. The van der Waals surface area contributed by atoms with Crippen molar-refractivity contribution in [2.75, 3.05) is 36.4 Å². The van der Waals surface area contributed by atoms with E-state index >= 15 is 0 Å². The monoisotopic (exact) mass is 583 g/mol. The number of nitrogens with two attached hydrogens (primary N) is 1. The van der Waals surface area contributed by atoms with Gasteiger partial charge in [-0.1, -0.05) is 18.1 Å². The van der Waals surface area contributed by atoms with Gasteiger partial charge in [0.2, 0.25) is 10.0 Å². The normalized spacial score (nSPS) is 18.3. The first-order valence-corrected chi connectivity index (χ1v) is 13.7. The van der Waals surface area contributed by atoms with Crippen molar-refractivity contribution in [3.63, 3.8) is 0 Å². The van der Waals surface area contributed by atoms with Crippen molar-refractivity contribution >= 4 is 27.6 Å². The molecule has 218 valence electrons. The summed E-state index contributed by atoms with van der Waals surface area (Å²) in [6, 6.07) is 7.19. The minimum atomic E-state index is -4.96. The van der Waals surface area contributed by atoms with Crippen molar-refractivity contribution < 1.29 is 36.2 Å². The number of piperazine rings is 1. The predicted octanol–water partition coefficient (Wildman–Crippen LogP) is 3.04. The predicted molar refractivity (Wildman–Crippen MR) is 143 cm³/mol. The molecule has 2 unspecified atom stereocenters. The van der Waals surface area contributed by atoms with E-state index in [4.69, 9.17) is 10.5 Å². The van der Waals surface area contributed by atoms with E-state index < -0.39 is 51.6 Å². The number of pyridine rings is 1. The number of halogens is 3. The number of alkyl halides is 3. The lowest BCUT2D eigenvalue weighted by Gasteiger charge is -2.40. The van der Waals surface area contributed by atoms with Gasteiger partial charge in [-0.15, -0.1) is 5.92 Å². The van der Waals surface area contributed by atoms with Crippen LogP contribution in [0.4, 0.5) is 29.5 Å². The third-order valence-electron chi connectivity index (χ3n) is 6.10. The maximum atomic E-state index is 13.4. The van der Waals surface area contributed by atoms with Crippen LogP contribution in [0.1, 0.15) is 33.3 Å². The summed E-state index contributed by atoms with van der Waals surface area (Å²) >= 11 is 0. The van der Waals surface area contributed by atoms with E-state index in [1.165, 1.54) is 28.6 Å². The summed E-state index contributed by atoms with van der Waals surface area (Å²) in [6.07, 6.45) is -4.56. The fraction of sp³-hybridized carbons (Fsp3) is 0.462. The quantitative estimate of drug-likeness (QED) is 0.442. The SMILES string of the molecule is CC#CC1CN(S(=O)(=O)c2ccc(NC(=O)OC(C)(C)C)nc2)CCN1c1ccc(C(O)(CN)C(F)(F)F)cc1. The minimum Gasteiger partial charge on any atom is -0.444 e. The highest BCUT2D eigenvalue weighted by Gasteiger charge is 2.54. The van der Waals surface area contributed by atoms with E-state index in [1.54, 1.807) is 32.6 Å². The molecule has 1 aromatic carbocycles. The van der Waals surface area contributed by atoms with E-state index in [0.29, 0.717) is 5.69 Å². The first kappa shape index (κ1) is 31.2. The molecule has 0 aliphatic carbocycles. The molecular weight excluding hydrogens is 551 g/mol. The average molecular weight is 584 g/mol. The Hall–Kier alpha value is -3.38. The summed E-state index contributed by atoms with van der Waals surface area (Å²) in [7, 11) is -3.98. The molecule has 2 heterocycles. The number of aromatic nitrogens is 1. The zero-order valence-electron chi connectivity index (χ0n) is 22.5. The Morgan fingerprint density at radius 1 is 1.18 bits per heavy atom. The van der Waals surface area contributed by atoms with Crippen LogP contribution in [-0.4, -0.2) is 72.9 Å². The standard InChI is InChI=1S/C26H32F3N5O5S/c1-5-6-20-16-33(40(37,38)21-11-12-22(31-15-21)32-23(35)39-24(2,3)4)13-14-34(20)19-9-7-18(8-10-19)25(36,17-30)26(27,28)29/h7-12,15,20,36H,13-14,16-17,30H2,1-4H3,(H,31,32,35). The van der Waals surface area contributed by atoms with Crippen molar-refractivity contribution in [1.29, 1.82) is 0 Å². The molecule has 0 saturated carbocycles. The number of aliphatic hydroxyl groups is 1. The van der Waals surface area contributed by atoms with Gasteiger partial charge in [-0.2, -0.15) is 17.5 Å². The molecule has 0 bridgehead atoms. The second-order valence-corrected chi connectivity index (χ2v) is 12.0. The van der Waals surface area contributed by atoms with E-state index in [2.05, 4.69) is 22.1 Å². The number of ether oxygens (including phenoxy) is 1. The zero-order valence-corrected chi connectivity index (χ0v) is 23.3. The Morgan fingerprint density at radius 3 is 2.33 bits per heavy atom. The number of amides is 1. The topological polar surface area (TPSA) is 138 Å². The van der Waals surface area contributed by atoms with E-state index in [1.807, 2.05) is 0 Å². The molecule has 4 N–H and O–H groups in total. The molecule has 10 nitrogen and oxygen atoms in total. The third kappa shape index (κ3) is 6.84. The number of benzene rings is 1. The molecule has 1 saturated heterocycles. The number of hydrogen-bond donors (Lipinski definition) is 3. The smallest absolute Gasteiger partial charge is 0.422 e. The molecule has 1 fully saturated rings. The Morgan fingerprint density at radius 2 is 1.82 bits per heavy atom. The molecular formula is C26H32F3N5O5S. The highest BCUT2D eigenvalue weighted by atomic mass is 32.2. The van der Waals surface area contributed by atoms with E-state index in [-0.39, 0.29) is 30.3 Å². The van der Waals surface area contributed by atoms with Gasteiger partial charge in [-0.3, -0.25) is 5.32 Å². The number of rotatable bonds is 6. The molecule has 2 atom stereocenters. The van der Waals surface area contributed by atoms with Crippen LogP contribution in [0.15, 0.2) is 47.5 Å². The lowest BCUT2D eigenvalue weighted by molar-refractivity contribution is -0.262. The summed E-state index contributed by atoms with van der Waals surface area (Å²) in [5.41, 5.74) is 1.44. The Bertz CT molecular complexity index is 1370. The van der Waals surface area contributed by atoms with Gasteiger partial charge in [0.15, 0.2) is 5.60 Å². The number of anilines is 2. The van der Waals surface area contributed by atoms with Crippen molar-refractivity contribution in [2.24, 2.45) is 5.73 Å². The second-order valence-electron chi connectivity index (χ2n) is 10.1. The molecule has 40 heavy (non-hydrogen) atoms. The first-order valence-electron chi connectivity index (χ1n) is 12.3. The van der Waals surface area contributed by atoms with Gasteiger partial charge in [0, 0.05) is 38.1 Å². The number of carbonyl (C=O) groups is 1. The molecule has 1 aliphatic heterocycles. The minimum absolute atomic E-state index is 0.0158. The average Bonchev–Trinajstić information content (AvgIpc) is 2.87. The summed E-state index contributed by atoms with van der Waals surface area (Å²) in [6.45, 7) is 5.92. The highest BCUT2D eigenvalue weighted by molar-refractivity contribution is 7.89. The molecule has 14 heteroatoms. The number of sulfonamides is 1. The summed E-state index contributed by atoms with van der Waals surface area (Å²) in [5.74, 6) is 5.85. The van der Waals surface area contributed by atoms with Gasteiger partial charge in [0.05, 0.1) is 0 Å². The molecule has 0 radical (unpaired) electrons. The van der Waals surface area contributed by atoms with Gasteiger partial charge in [0.25, 0.3) is 0 Å². The van der Waals surface area contributed by atoms with Gasteiger partial charge in [0.1, 0.15) is 22.4 Å². The molecule has 0 spiro atoms. The molecule has 2 aromatic rings. The zero-order chi connectivity index (χ0) is 29.9. The molecule has 1 aliphatic rings. The maximum absolute atomic E-state index is 13.4. The Labute approximate surface area is 231 Å². The van der Waals surface area contributed by atoms with Gasteiger partial charge in [-0.25, -0.2) is 18.2 Å². The number of carbonyl (C=O) groups excluding carboxylic acids is 1. The van der Waals surface area contributed by atoms with Crippen LogP contribution in [0.5, 0.6) is 0 Å². The van der Waals surface area contributed by atoms with Crippen LogP contribution in [0.25, 0.3) is 0 Å². The van der Waals surface area contributed by atoms with Crippen LogP contribution in [0.3, 0.4) is 0 Å². The molecule has 1 aromatic heterocycles. The van der Waals surface area contributed by atoms with Crippen LogP contribution in [-0.2, 0) is 20.4 Å². The number of nitrogens with zero attached hydrogens (tertiary/aromatic N) is 3. The highest BCUT2D eigenvalue weighted by Crippen LogP contribution is 2.39. The largest absolute Gasteiger partial charge is 0.444 e. The van der Waals surface area contributed by atoms with Crippen LogP contribution in [0.2, 0.25) is 0 Å². The van der Waals surface area contributed by atoms with E-state index in [0.717, 1.165) is 18.3 Å². The lowest BCUT2D eigenvalue weighted by Crippen LogP contribution is -2.54. The summed E-state index contributed by atoms with van der Waals surface area (Å²) in [5, 5.41) is 12.6. The Kier molecular flexibility index (Phi) is 9.05. The van der Waals surface area contributed by atoms with Crippen molar-refractivity contribution in [3.05, 3.63) is 48.2 Å². The Balaban J connectivity index is 1.77. The van der Waals surface area contributed by atoms with E-state index in [9.17, 15) is 31.5 Å². The third-order valence-corrected chi connectivity index (χ3v) is 7.95. The van der Waals surface area contributed by atoms with Crippen molar-refractivity contribution in [2.45, 2.75) is 56.0 Å². The first-order chi connectivity index (χ1) is 18.5. The van der Waals surface area contributed by atoms with Crippen LogP contribution >= 0.6 is 0 Å². The van der Waals surface area contributed by atoms with Crippen molar-refractivity contribution in [3.8, 4) is 11.8 Å². The maximum Gasteiger partial charge on any atom is 0.422 e. The van der Waals surface area contributed by atoms with Crippen molar-refractivity contribution in [1.82, 2.24) is 9.29 Å². The fourth-order valence-electron chi connectivity index (χ4n) is 4.07. The summed E-state index contributed by atoms with van der Waals surface area (Å²) < 4.78 is 73.3. The number of nitrogens with one attached hydrogen (secondary N) is 1.